The number of nitrogens with zero attached hydrogens (tertiary/aromatic N) is 2. The van der Waals surface area contributed by atoms with Gasteiger partial charge in [0.25, 0.3) is 0 Å². The third-order valence-electron chi connectivity index (χ3n) is 1.58. The Bertz CT molecular complexity index is 440. The summed E-state index contributed by atoms with van der Waals surface area (Å²) in [6, 6.07) is 1.90. The minimum atomic E-state index is 0.799. The van der Waals surface area contributed by atoms with Crippen molar-refractivity contribution in [3.05, 3.63) is 28.7 Å². The Morgan fingerprint density at radius 2 is 2.45 bits per heavy atom. The van der Waals surface area contributed by atoms with E-state index in [1.165, 1.54) is 0 Å². The molecule has 4 heteroatoms. The SMILES string of the molecule is Cc1nn2cc[nH]c2cc1=S. The highest BCUT2D eigenvalue weighted by Crippen LogP contribution is 2.01. The highest BCUT2D eigenvalue weighted by molar-refractivity contribution is 7.71. The molecule has 0 fully saturated rings. The van der Waals surface area contributed by atoms with Crippen LogP contribution in [0.15, 0.2) is 18.5 Å². The third kappa shape index (κ3) is 0.952. The molecule has 2 rings (SSSR count). The Labute approximate surface area is 68.7 Å². The molecule has 0 aliphatic rings. The Kier molecular flexibility index (Phi) is 1.29. The van der Waals surface area contributed by atoms with E-state index in [0.717, 1.165) is 15.9 Å². The number of aromatic amines is 1. The predicted octanol–water partition coefficient (Wildman–Crippen LogP) is 1.70. The largest absolute Gasteiger partial charge is 0.345 e. The number of aromatic nitrogens is 3. The summed E-state index contributed by atoms with van der Waals surface area (Å²) in [6.45, 7) is 1.90. The maximum absolute atomic E-state index is 5.05. The van der Waals surface area contributed by atoms with Gasteiger partial charge in [0.1, 0.15) is 5.65 Å². The summed E-state index contributed by atoms with van der Waals surface area (Å²) in [5.74, 6) is 0. The van der Waals surface area contributed by atoms with Crippen LogP contribution in [0.1, 0.15) is 5.69 Å². The van der Waals surface area contributed by atoms with E-state index in [1.54, 1.807) is 4.52 Å². The molecular weight excluding hydrogens is 158 g/mol. The van der Waals surface area contributed by atoms with Crippen molar-refractivity contribution in [1.82, 2.24) is 14.6 Å². The number of fused-ring (bicyclic) bond motifs is 1. The van der Waals surface area contributed by atoms with Crippen LogP contribution in [0.5, 0.6) is 0 Å². The van der Waals surface area contributed by atoms with Gasteiger partial charge in [0.2, 0.25) is 0 Å². The summed E-state index contributed by atoms with van der Waals surface area (Å²) < 4.78 is 2.57. The van der Waals surface area contributed by atoms with Gasteiger partial charge < -0.3 is 4.98 Å². The molecule has 0 amide bonds. The van der Waals surface area contributed by atoms with Crippen LogP contribution in [0.25, 0.3) is 5.65 Å². The number of hydrogen-bond donors (Lipinski definition) is 1. The van der Waals surface area contributed by atoms with Crippen molar-refractivity contribution in [3.8, 4) is 0 Å². The topological polar surface area (TPSA) is 33.1 Å². The van der Waals surface area contributed by atoms with Crippen molar-refractivity contribution < 1.29 is 0 Å². The van der Waals surface area contributed by atoms with Gasteiger partial charge in [-0.25, -0.2) is 4.52 Å². The molecule has 11 heavy (non-hydrogen) atoms. The molecule has 0 aliphatic heterocycles. The highest BCUT2D eigenvalue weighted by Gasteiger charge is 1.94. The van der Waals surface area contributed by atoms with Gasteiger partial charge in [0.05, 0.1) is 10.2 Å². The summed E-state index contributed by atoms with van der Waals surface area (Å²) >= 11 is 5.05. The van der Waals surface area contributed by atoms with E-state index in [-0.39, 0.29) is 0 Å². The average Bonchev–Trinajstić information content (AvgIpc) is 2.36. The molecular formula is C7H7N3S. The van der Waals surface area contributed by atoms with Gasteiger partial charge in [-0.3, -0.25) is 0 Å². The molecule has 0 spiro atoms. The van der Waals surface area contributed by atoms with Crippen molar-refractivity contribution >= 4 is 17.9 Å². The molecule has 0 atom stereocenters. The molecule has 3 nitrogen and oxygen atoms in total. The number of rotatable bonds is 0. The van der Waals surface area contributed by atoms with Crippen LogP contribution < -0.4 is 0 Å². The fourth-order valence-corrected chi connectivity index (χ4v) is 1.13. The van der Waals surface area contributed by atoms with E-state index in [0.29, 0.717) is 0 Å². The van der Waals surface area contributed by atoms with Gasteiger partial charge in [-0.2, -0.15) is 5.10 Å². The first-order valence-electron chi connectivity index (χ1n) is 3.31. The van der Waals surface area contributed by atoms with E-state index in [9.17, 15) is 0 Å². The van der Waals surface area contributed by atoms with Gasteiger partial charge >= 0.3 is 0 Å². The number of imidazole rings is 1. The zero-order valence-corrected chi connectivity index (χ0v) is 6.85. The van der Waals surface area contributed by atoms with Crippen LogP contribution in [-0.4, -0.2) is 14.6 Å². The maximum Gasteiger partial charge on any atom is 0.132 e. The fraction of sp³-hybridized carbons (Fsp3) is 0.143. The second kappa shape index (κ2) is 2.17. The predicted molar refractivity (Wildman–Crippen MR) is 45.1 cm³/mol. The number of H-pyrrole nitrogens is 1. The molecule has 2 aromatic heterocycles. The summed E-state index contributed by atoms with van der Waals surface area (Å²) in [5.41, 5.74) is 1.82. The Morgan fingerprint density at radius 3 is 3.27 bits per heavy atom. The van der Waals surface area contributed by atoms with Gasteiger partial charge in [-0.15, -0.1) is 0 Å². The first-order chi connectivity index (χ1) is 5.27. The molecule has 1 N–H and O–H groups in total. The van der Waals surface area contributed by atoms with Crippen LogP contribution in [0.4, 0.5) is 0 Å². The van der Waals surface area contributed by atoms with Gasteiger partial charge in [-0.1, -0.05) is 12.2 Å². The molecule has 0 aromatic carbocycles. The molecule has 2 heterocycles. The van der Waals surface area contributed by atoms with E-state index in [1.807, 2.05) is 25.4 Å². The van der Waals surface area contributed by atoms with Crippen LogP contribution in [0.2, 0.25) is 0 Å². The van der Waals surface area contributed by atoms with Crippen molar-refractivity contribution in [1.29, 1.82) is 0 Å². The molecule has 56 valence electrons. The number of aryl methyl sites for hydroxylation is 1. The van der Waals surface area contributed by atoms with E-state index in [2.05, 4.69) is 10.1 Å². The summed E-state index contributed by atoms with van der Waals surface area (Å²) in [5, 5.41) is 4.22. The Balaban J connectivity index is 2.97. The zero-order chi connectivity index (χ0) is 7.84. The monoisotopic (exact) mass is 165 g/mol. The first kappa shape index (κ1) is 6.54. The zero-order valence-electron chi connectivity index (χ0n) is 6.03. The third-order valence-corrected chi connectivity index (χ3v) is 1.99. The smallest absolute Gasteiger partial charge is 0.132 e. The van der Waals surface area contributed by atoms with Crippen LogP contribution in [0.3, 0.4) is 0 Å². The molecule has 2 aromatic rings. The Hall–Kier alpha value is -1.16. The second-order valence-corrected chi connectivity index (χ2v) is 2.82. The standard InChI is InChI=1S/C7H7N3S/c1-5-6(11)4-7-8-2-3-10(7)9-5/h2-4,8H,1H3. The van der Waals surface area contributed by atoms with E-state index < -0.39 is 0 Å². The lowest BCUT2D eigenvalue weighted by Gasteiger charge is -1.93. The van der Waals surface area contributed by atoms with Gasteiger partial charge in [-0.05, 0) is 6.92 Å². The lowest BCUT2D eigenvalue weighted by atomic mass is 10.4. The van der Waals surface area contributed by atoms with Crippen LogP contribution in [-0.2, 0) is 0 Å². The van der Waals surface area contributed by atoms with Crippen molar-refractivity contribution in [2.24, 2.45) is 0 Å². The Morgan fingerprint density at radius 1 is 1.64 bits per heavy atom. The lowest BCUT2D eigenvalue weighted by molar-refractivity contribution is 0.897. The summed E-state index contributed by atoms with van der Waals surface area (Å²) in [4.78, 5) is 3.02. The van der Waals surface area contributed by atoms with Crippen molar-refractivity contribution in [3.63, 3.8) is 0 Å². The highest BCUT2D eigenvalue weighted by atomic mass is 32.1. The molecule has 0 bridgehead atoms. The number of hydrogen-bond acceptors (Lipinski definition) is 2. The van der Waals surface area contributed by atoms with Gasteiger partial charge in [0, 0.05) is 18.5 Å². The molecule has 0 saturated carbocycles. The average molecular weight is 165 g/mol. The summed E-state index contributed by atoms with van der Waals surface area (Å²) in [6.07, 6.45) is 3.69. The van der Waals surface area contributed by atoms with Crippen molar-refractivity contribution in [2.75, 3.05) is 0 Å². The van der Waals surface area contributed by atoms with E-state index in [4.69, 9.17) is 12.2 Å². The minimum Gasteiger partial charge on any atom is -0.345 e. The van der Waals surface area contributed by atoms with Gasteiger partial charge in [0.15, 0.2) is 0 Å². The number of nitrogens with one attached hydrogen (secondary N) is 1. The van der Waals surface area contributed by atoms with E-state index >= 15 is 0 Å². The fourth-order valence-electron chi connectivity index (χ4n) is 0.974. The first-order valence-corrected chi connectivity index (χ1v) is 3.72. The lowest BCUT2D eigenvalue weighted by Crippen LogP contribution is -1.92. The maximum atomic E-state index is 5.05. The second-order valence-electron chi connectivity index (χ2n) is 2.38. The molecule has 0 radical (unpaired) electrons. The van der Waals surface area contributed by atoms with Crippen LogP contribution in [0, 0.1) is 11.4 Å². The van der Waals surface area contributed by atoms with Crippen LogP contribution >= 0.6 is 12.2 Å². The summed E-state index contributed by atoms with van der Waals surface area (Å²) in [7, 11) is 0. The minimum absolute atomic E-state index is 0.799. The van der Waals surface area contributed by atoms with Crippen molar-refractivity contribution in [2.45, 2.75) is 6.92 Å². The normalized spacial score (nSPS) is 10.6. The molecule has 0 aliphatic carbocycles. The molecule has 0 unspecified atom stereocenters. The quantitative estimate of drug-likeness (QED) is 0.603. The molecule has 0 saturated heterocycles.